The number of carboxylic acid groups (broad SMARTS) is 1. The highest BCUT2D eigenvalue weighted by Gasteiger charge is 2.27. The Labute approximate surface area is 231 Å². The molecule has 0 aromatic heterocycles. The summed E-state index contributed by atoms with van der Waals surface area (Å²) in [5.74, 6) is 1.94. The summed E-state index contributed by atoms with van der Waals surface area (Å²) in [6, 6.07) is 13.7. The first-order chi connectivity index (χ1) is 18.3. The molecule has 3 aromatic rings. The van der Waals surface area contributed by atoms with Crippen LogP contribution in [0.5, 0.6) is 17.2 Å². The predicted molar refractivity (Wildman–Crippen MR) is 149 cm³/mol. The van der Waals surface area contributed by atoms with Gasteiger partial charge >= 0.3 is 5.97 Å². The van der Waals surface area contributed by atoms with Gasteiger partial charge in [-0.2, -0.15) is 0 Å². The first-order valence-corrected chi connectivity index (χ1v) is 14.9. The van der Waals surface area contributed by atoms with Gasteiger partial charge in [-0.15, -0.1) is 0 Å². The van der Waals surface area contributed by atoms with E-state index < -0.39 is 17.1 Å². The van der Waals surface area contributed by atoms with Crippen molar-refractivity contribution in [2.45, 2.75) is 45.1 Å². The highest BCUT2D eigenvalue weighted by molar-refractivity contribution is 7.90. The van der Waals surface area contributed by atoms with E-state index in [-0.39, 0.29) is 12.3 Å². The molecule has 1 aliphatic heterocycles. The minimum atomic E-state index is -0.834. The smallest absolute Gasteiger partial charge is 0.304 e. The van der Waals surface area contributed by atoms with Gasteiger partial charge in [-0.25, -0.2) is 0 Å². The molecule has 200 valence electrons. The van der Waals surface area contributed by atoms with E-state index in [0.717, 1.165) is 47.3 Å². The number of aliphatic carboxylic acids is 1. The molecule has 1 unspecified atom stereocenters. The fourth-order valence-corrected chi connectivity index (χ4v) is 5.92. The largest absolute Gasteiger partial charge is 0.617 e. The summed E-state index contributed by atoms with van der Waals surface area (Å²) in [4.78, 5) is 11.1. The number of benzene rings is 3. The van der Waals surface area contributed by atoms with Crippen molar-refractivity contribution in [2.24, 2.45) is 0 Å². The molecule has 6 nitrogen and oxygen atoms in total. The van der Waals surface area contributed by atoms with E-state index >= 15 is 0 Å². The second kappa shape index (κ2) is 11.5. The molecule has 0 spiro atoms. The molecule has 0 saturated heterocycles. The fourth-order valence-electron chi connectivity index (χ4n) is 5.22. The Balaban J connectivity index is 1.31. The molecule has 1 heterocycles. The van der Waals surface area contributed by atoms with E-state index in [9.17, 15) is 9.35 Å². The maximum Gasteiger partial charge on any atom is 0.304 e. The lowest BCUT2D eigenvalue weighted by molar-refractivity contribution is -0.137. The summed E-state index contributed by atoms with van der Waals surface area (Å²) in [7, 11) is 0. The lowest BCUT2D eigenvalue weighted by Crippen LogP contribution is -2.15. The topological polar surface area (TPSA) is 88.0 Å². The van der Waals surface area contributed by atoms with E-state index in [1.807, 2.05) is 24.3 Å². The third-order valence-electron chi connectivity index (χ3n) is 7.18. The monoisotopic (exact) mass is 554 g/mol. The van der Waals surface area contributed by atoms with E-state index in [4.69, 9.17) is 30.9 Å². The van der Waals surface area contributed by atoms with Gasteiger partial charge in [0.15, 0.2) is 0 Å². The molecular weight excluding hydrogens is 524 g/mol. The summed E-state index contributed by atoms with van der Waals surface area (Å²) < 4.78 is 29.2. The third kappa shape index (κ3) is 5.75. The summed E-state index contributed by atoms with van der Waals surface area (Å²) in [6.07, 6.45) is 4.55. The number of carbonyl (C=O) groups is 1. The van der Waals surface area contributed by atoms with Crippen LogP contribution in [0.3, 0.4) is 0 Å². The molecule has 2 atom stereocenters. The van der Waals surface area contributed by atoms with E-state index in [2.05, 4.69) is 25.1 Å². The zero-order chi connectivity index (χ0) is 26.8. The SMILES string of the molecule is Cc1cc(OCCC[S+](C)[O-])c2c(c1-c1ccc(Cl)c(COc3ccc4c(c3)OC[C@H]4CC(=O)O)c1)CC2. The summed E-state index contributed by atoms with van der Waals surface area (Å²) in [5.41, 5.74) is 7.84. The Hall–Kier alpha value is -2.87. The van der Waals surface area contributed by atoms with Crippen molar-refractivity contribution in [1.29, 1.82) is 0 Å². The summed E-state index contributed by atoms with van der Waals surface area (Å²) in [6.45, 7) is 3.34. The molecule has 0 bridgehead atoms. The van der Waals surface area contributed by atoms with Crippen LogP contribution in [0.25, 0.3) is 11.1 Å². The molecule has 3 aromatic carbocycles. The van der Waals surface area contributed by atoms with Gasteiger partial charge in [0.25, 0.3) is 0 Å². The molecule has 5 rings (SSSR count). The van der Waals surface area contributed by atoms with Crippen molar-refractivity contribution in [3.63, 3.8) is 0 Å². The molecule has 0 radical (unpaired) electrons. The Morgan fingerprint density at radius 2 is 1.97 bits per heavy atom. The maximum absolute atomic E-state index is 11.3. The van der Waals surface area contributed by atoms with Gasteiger partial charge in [0.1, 0.15) is 29.6 Å². The third-order valence-corrected chi connectivity index (χ3v) is 8.41. The number of halogens is 1. The van der Waals surface area contributed by atoms with Crippen LogP contribution in [0.1, 0.15) is 46.6 Å². The lowest BCUT2D eigenvalue weighted by atomic mass is 9.79. The number of hydrogen-bond acceptors (Lipinski definition) is 5. The van der Waals surface area contributed by atoms with Crippen molar-refractivity contribution >= 4 is 28.7 Å². The Morgan fingerprint density at radius 1 is 1.16 bits per heavy atom. The van der Waals surface area contributed by atoms with E-state index in [1.54, 1.807) is 6.26 Å². The van der Waals surface area contributed by atoms with Gasteiger partial charge in [0.2, 0.25) is 0 Å². The minimum absolute atomic E-state index is 0.0484. The quantitative estimate of drug-likeness (QED) is 0.228. The standard InChI is InChI=1S/C30H31ClO6S/c1-18-12-27(35-10-3-11-38(2)34)24-7-8-25(24)30(18)19-4-9-26(31)21(13-19)17-36-22-5-6-23-20(14-29(32)33)16-37-28(23)15-22/h4-6,9,12-13,15,20H,3,7-8,10-11,14,16-17H2,1-2H3,(H,32,33)/t20-,38?/m1/s1. The van der Waals surface area contributed by atoms with Crippen molar-refractivity contribution in [1.82, 2.24) is 0 Å². The molecule has 0 amide bonds. The predicted octanol–water partition coefficient (Wildman–Crippen LogP) is 6.09. The minimum Gasteiger partial charge on any atom is -0.617 e. The fraction of sp³-hybridized carbons (Fsp3) is 0.367. The Bertz CT molecular complexity index is 1360. The van der Waals surface area contributed by atoms with Gasteiger partial charge in [-0.3, -0.25) is 4.79 Å². The number of fused-ring (bicyclic) bond motifs is 2. The molecule has 1 N–H and O–H groups in total. The first kappa shape index (κ1) is 26.7. The zero-order valence-electron chi connectivity index (χ0n) is 21.6. The molecule has 1 aliphatic carbocycles. The van der Waals surface area contributed by atoms with Gasteiger partial charge in [0.05, 0.1) is 25.9 Å². The molecule has 0 fully saturated rings. The number of ether oxygens (including phenoxy) is 3. The van der Waals surface area contributed by atoms with Gasteiger partial charge in [-0.1, -0.05) is 34.9 Å². The molecule has 8 heteroatoms. The van der Waals surface area contributed by atoms with Gasteiger partial charge in [0, 0.05) is 34.6 Å². The van der Waals surface area contributed by atoms with Crippen LogP contribution in [-0.4, -0.2) is 40.9 Å². The van der Waals surface area contributed by atoms with Crippen LogP contribution in [0.15, 0.2) is 42.5 Å². The van der Waals surface area contributed by atoms with Crippen LogP contribution in [0.4, 0.5) is 0 Å². The molecule has 2 aliphatic rings. The van der Waals surface area contributed by atoms with Crippen LogP contribution in [0, 0.1) is 6.92 Å². The average molecular weight is 555 g/mol. The molecular formula is C30H31ClO6S. The Morgan fingerprint density at radius 3 is 2.71 bits per heavy atom. The molecule has 38 heavy (non-hydrogen) atoms. The number of carboxylic acids is 1. The van der Waals surface area contributed by atoms with Crippen LogP contribution in [-0.2, 0) is 35.4 Å². The van der Waals surface area contributed by atoms with Gasteiger partial charge in [-0.05, 0) is 71.8 Å². The van der Waals surface area contributed by atoms with Crippen LogP contribution in [0.2, 0.25) is 5.02 Å². The second-order valence-corrected chi connectivity index (χ2v) is 11.9. The van der Waals surface area contributed by atoms with Crippen molar-refractivity contribution < 1.29 is 28.7 Å². The maximum atomic E-state index is 11.3. The highest BCUT2D eigenvalue weighted by Crippen LogP contribution is 2.43. The van der Waals surface area contributed by atoms with Crippen molar-refractivity contribution in [3.8, 4) is 28.4 Å². The highest BCUT2D eigenvalue weighted by atomic mass is 35.5. The lowest BCUT2D eigenvalue weighted by Gasteiger charge is -2.28. The van der Waals surface area contributed by atoms with E-state index in [1.165, 1.54) is 16.7 Å². The first-order valence-electron chi connectivity index (χ1n) is 12.8. The summed E-state index contributed by atoms with van der Waals surface area (Å²) in [5, 5.41) is 9.75. The number of rotatable bonds is 11. The normalized spacial score (nSPS) is 16.2. The van der Waals surface area contributed by atoms with E-state index in [0.29, 0.717) is 42.1 Å². The van der Waals surface area contributed by atoms with Gasteiger partial charge < -0.3 is 23.9 Å². The van der Waals surface area contributed by atoms with Crippen LogP contribution >= 0.6 is 11.6 Å². The summed E-state index contributed by atoms with van der Waals surface area (Å²) >= 11 is 5.75. The average Bonchev–Trinajstić information content (AvgIpc) is 3.24. The second-order valence-electron chi connectivity index (χ2n) is 9.90. The zero-order valence-corrected chi connectivity index (χ0v) is 23.1. The Kier molecular flexibility index (Phi) is 8.07. The van der Waals surface area contributed by atoms with Crippen molar-refractivity contribution in [3.05, 3.63) is 75.3 Å². The number of hydrogen-bond donors (Lipinski definition) is 1. The van der Waals surface area contributed by atoms with Crippen LogP contribution < -0.4 is 14.2 Å². The number of aryl methyl sites for hydroxylation is 1. The molecule has 0 saturated carbocycles. The van der Waals surface area contributed by atoms with Crippen molar-refractivity contribution in [2.75, 3.05) is 25.2 Å².